The van der Waals surface area contributed by atoms with Crippen LogP contribution in [0, 0.1) is 5.92 Å². The highest BCUT2D eigenvalue weighted by molar-refractivity contribution is 9.10. The Kier molecular flexibility index (Phi) is 9.10. The lowest BCUT2D eigenvalue weighted by Gasteiger charge is -2.37. The first-order valence-corrected chi connectivity index (χ1v) is 16.4. The summed E-state index contributed by atoms with van der Waals surface area (Å²) in [6, 6.07) is 7.63. The lowest BCUT2D eigenvalue weighted by Crippen LogP contribution is -2.44. The van der Waals surface area contributed by atoms with Gasteiger partial charge in [0.05, 0.1) is 34.2 Å². The van der Waals surface area contributed by atoms with E-state index in [0.29, 0.717) is 10.5 Å². The summed E-state index contributed by atoms with van der Waals surface area (Å²) >= 11 is 3.23. The van der Waals surface area contributed by atoms with E-state index in [9.17, 15) is 38.4 Å². The van der Waals surface area contributed by atoms with Crippen LogP contribution in [0.1, 0.15) is 24.8 Å². The maximum absolute atomic E-state index is 13.5. The van der Waals surface area contributed by atoms with Gasteiger partial charge >= 0.3 is 6.18 Å². The molecule has 10 nitrogen and oxygen atoms in total. The summed E-state index contributed by atoms with van der Waals surface area (Å²) < 4.78 is 137. The van der Waals surface area contributed by atoms with Crippen LogP contribution in [0.5, 0.6) is 5.75 Å². The Morgan fingerprint density at radius 1 is 0.974 bits per heavy atom. The van der Waals surface area contributed by atoms with Crippen molar-refractivity contribution in [2.75, 3.05) is 22.4 Å². The summed E-state index contributed by atoms with van der Waals surface area (Å²) in [6.45, 7) is -0.393. The largest absolute Gasteiger partial charge is 0.486 e. The fraction of sp³-hybridized carbons (Fsp3) is 0.429. The molecule has 0 bridgehead atoms. The van der Waals surface area contributed by atoms with E-state index in [4.69, 9.17) is 13.8 Å². The van der Waals surface area contributed by atoms with Gasteiger partial charge in [-0.2, -0.15) is 30.0 Å². The van der Waals surface area contributed by atoms with Crippen LogP contribution in [0.4, 0.5) is 18.9 Å². The van der Waals surface area contributed by atoms with Crippen molar-refractivity contribution in [2.24, 2.45) is 5.92 Å². The zero-order valence-corrected chi connectivity index (χ0v) is 23.4. The van der Waals surface area contributed by atoms with E-state index in [0.717, 1.165) is 22.5 Å². The van der Waals surface area contributed by atoms with Crippen molar-refractivity contribution in [1.29, 1.82) is 0 Å². The van der Waals surface area contributed by atoms with Crippen LogP contribution in [0.25, 0.3) is 0 Å². The van der Waals surface area contributed by atoms with Gasteiger partial charge in [0.25, 0.3) is 30.3 Å². The van der Waals surface area contributed by atoms with Gasteiger partial charge in [0, 0.05) is 4.47 Å². The topological polar surface area (TPSA) is 155 Å². The van der Waals surface area contributed by atoms with E-state index >= 15 is 0 Å². The second-order valence-electron chi connectivity index (χ2n) is 8.66. The van der Waals surface area contributed by atoms with Gasteiger partial charge in [0.15, 0.2) is 0 Å². The summed E-state index contributed by atoms with van der Waals surface area (Å²) in [6.07, 6.45) is -6.29. The standard InChI is InChI=1S/C21H23BrF3NO9S3/c22-16-4-5-20-19(12-16)26(38(33,34)18-3-1-2-15(11-18)21(23,24)25)13-17(35-20)10-14(6-8-36(27,28)29)7-9-37(30,31)32/h1-5,11-12,14,17H,6-10,13H2,(H,27,28,29)(H,30,31,32)/t17-/m0/s1. The van der Waals surface area contributed by atoms with Crippen LogP contribution in [0.3, 0.4) is 0 Å². The SMILES string of the molecule is O=S(=O)(O)CCC(CCS(=O)(=O)O)C[C@H]1CN(S(=O)(=O)c2cccc(C(F)(F)F)c2)c2cc(Br)ccc2O1. The van der Waals surface area contributed by atoms with Crippen molar-refractivity contribution in [1.82, 2.24) is 0 Å². The molecule has 0 spiro atoms. The van der Waals surface area contributed by atoms with Gasteiger partial charge in [0.1, 0.15) is 11.9 Å². The lowest BCUT2D eigenvalue weighted by atomic mass is 9.95. The Balaban J connectivity index is 1.97. The Bertz CT molecular complexity index is 1460. The number of benzene rings is 2. The van der Waals surface area contributed by atoms with Crippen molar-refractivity contribution >= 4 is 51.9 Å². The fourth-order valence-electron chi connectivity index (χ4n) is 3.98. The van der Waals surface area contributed by atoms with Crippen LogP contribution in [0.15, 0.2) is 51.8 Å². The van der Waals surface area contributed by atoms with E-state index < -0.39 is 77.0 Å². The molecular weight excluding hydrogens is 643 g/mol. The molecule has 2 aromatic rings. The third-order valence-corrected chi connectivity index (χ3v) is 9.54. The Hall–Kier alpha value is -1.92. The Labute approximate surface area is 226 Å². The van der Waals surface area contributed by atoms with Gasteiger partial charge in [-0.05, 0) is 61.6 Å². The lowest BCUT2D eigenvalue weighted by molar-refractivity contribution is -0.137. The second kappa shape index (κ2) is 11.3. The first-order valence-electron chi connectivity index (χ1n) is 10.9. The molecule has 0 aromatic heterocycles. The van der Waals surface area contributed by atoms with Gasteiger partial charge in [-0.3, -0.25) is 13.4 Å². The third kappa shape index (κ3) is 8.29. The van der Waals surface area contributed by atoms with Crippen molar-refractivity contribution in [3.63, 3.8) is 0 Å². The van der Waals surface area contributed by atoms with Gasteiger partial charge in [-0.25, -0.2) is 8.42 Å². The molecule has 1 atom stereocenters. The van der Waals surface area contributed by atoms with Crippen molar-refractivity contribution < 1.29 is 52.3 Å². The number of fused-ring (bicyclic) bond motifs is 1. The molecule has 0 unspecified atom stereocenters. The van der Waals surface area contributed by atoms with Gasteiger partial charge in [0.2, 0.25) is 0 Å². The smallest absolute Gasteiger partial charge is 0.416 e. The zero-order valence-electron chi connectivity index (χ0n) is 19.4. The highest BCUT2D eigenvalue weighted by atomic mass is 79.9. The number of nitrogens with zero attached hydrogens (tertiary/aromatic N) is 1. The highest BCUT2D eigenvalue weighted by Crippen LogP contribution is 2.41. The average Bonchev–Trinajstić information content (AvgIpc) is 2.79. The molecule has 0 saturated heterocycles. The molecule has 1 aliphatic rings. The number of alkyl halides is 3. The minimum Gasteiger partial charge on any atom is -0.486 e. The van der Waals surface area contributed by atoms with Crippen LogP contribution in [-0.4, -0.2) is 58.5 Å². The summed E-state index contributed by atoms with van der Waals surface area (Å²) in [5, 5.41) is 0. The zero-order chi connectivity index (χ0) is 28.5. The number of hydrogen-bond acceptors (Lipinski definition) is 7. The Morgan fingerprint density at radius 2 is 1.58 bits per heavy atom. The summed E-state index contributed by atoms with van der Waals surface area (Å²) in [5.41, 5.74) is -1.12. The predicted molar refractivity (Wildman–Crippen MR) is 135 cm³/mol. The maximum atomic E-state index is 13.5. The van der Waals surface area contributed by atoms with Crippen LogP contribution >= 0.6 is 15.9 Å². The van der Waals surface area contributed by atoms with Crippen LogP contribution < -0.4 is 9.04 Å². The van der Waals surface area contributed by atoms with E-state index in [1.54, 1.807) is 6.07 Å². The second-order valence-corrected chi connectivity index (χ2v) is 14.6. The third-order valence-electron chi connectivity index (χ3n) is 5.77. The number of ether oxygens (including phenoxy) is 1. The molecule has 2 aromatic carbocycles. The van der Waals surface area contributed by atoms with Gasteiger partial charge in [-0.15, -0.1) is 0 Å². The average molecular weight is 667 g/mol. The number of anilines is 1. The number of hydrogen-bond donors (Lipinski definition) is 2. The minimum atomic E-state index is -4.78. The predicted octanol–water partition coefficient (Wildman–Crippen LogP) is 3.99. The molecule has 38 heavy (non-hydrogen) atoms. The fourth-order valence-corrected chi connectivity index (χ4v) is 7.14. The van der Waals surface area contributed by atoms with E-state index in [-0.39, 0.29) is 30.7 Å². The monoisotopic (exact) mass is 665 g/mol. The van der Waals surface area contributed by atoms with E-state index in [1.807, 2.05) is 0 Å². The molecule has 0 aliphatic carbocycles. The maximum Gasteiger partial charge on any atom is 0.416 e. The molecule has 212 valence electrons. The Morgan fingerprint density at radius 3 is 2.13 bits per heavy atom. The van der Waals surface area contributed by atoms with Gasteiger partial charge in [-0.1, -0.05) is 22.0 Å². The van der Waals surface area contributed by atoms with Crippen molar-refractivity contribution in [2.45, 2.75) is 36.4 Å². The molecule has 0 radical (unpaired) electrons. The molecule has 0 amide bonds. The van der Waals surface area contributed by atoms with Gasteiger partial charge < -0.3 is 4.74 Å². The molecule has 17 heteroatoms. The first kappa shape index (κ1) is 30.6. The number of rotatable bonds is 10. The first-order chi connectivity index (χ1) is 17.3. The van der Waals surface area contributed by atoms with Crippen molar-refractivity contribution in [3.05, 3.63) is 52.5 Å². The van der Waals surface area contributed by atoms with Crippen LogP contribution in [0.2, 0.25) is 0 Å². The summed E-state index contributed by atoms with van der Waals surface area (Å²) in [4.78, 5) is -0.617. The summed E-state index contributed by atoms with van der Waals surface area (Å²) in [7, 11) is -13.4. The highest BCUT2D eigenvalue weighted by Gasteiger charge is 2.38. The molecule has 3 rings (SSSR count). The molecule has 1 heterocycles. The van der Waals surface area contributed by atoms with Crippen LogP contribution in [-0.2, 0) is 36.4 Å². The molecule has 1 aliphatic heterocycles. The quantitative estimate of drug-likeness (QED) is 0.358. The number of halogens is 4. The van der Waals surface area contributed by atoms with E-state index in [1.165, 1.54) is 12.1 Å². The molecule has 0 fully saturated rings. The minimum absolute atomic E-state index is 0.0421. The van der Waals surface area contributed by atoms with E-state index in [2.05, 4.69) is 15.9 Å². The molecule has 0 saturated carbocycles. The number of sulfonamides is 1. The summed E-state index contributed by atoms with van der Waals surface area (Å²) in [5.74, 6) is -2.11. The van der Waals surface area contributed by atoms with Crippen molar-refractivity contribution in [3.8, 4) is 5.75 Å². The molecule has 2 N–H and O–H groups in total. The normalized spacial score (nSPS) is 16.8. The molecular formula is C21H23BrF3NO9S3.